The minimum Gasteiger partial charge on any atom is -0.311 e. The summed E-state index contributed by atoms with van der Waals surface area (Å²) >= 11 is 8.20. The average molecular weight is 541 g/mol. The highest BCUT2D eigenvalue weighted by molar-refractivity contribution is 7.90. The quantitative estimate of drug-likeness (QED) is 0.349. The molecule has 0 amide bonds. The summed E-state index contributed by atoms with van der Waals surface area (Å²) in [5.74, 6) is 0. The third kappa shape index (κ3) is 5.28. The number of para-hydroxylation sites is 1. The van der Waals surface area contributed by atoms with Crippen LogP contribution in [0.15, 0.2) is 71.6 Å². The minimum atomic E-state index is -3.28. The van der Waals surface area contributed by atoms with Crippen LogP contribution in [0.3, 0.4) is 0 Å². The van der Waals surface area contributed by atoms with E-state index in [-0.39, 0.29) is 0 Å². The Labute approximate surface area is 221 Å². The summed E-state index contributed by atoms with van der Waals surface area (Å²) in [6.45, 7) is 7.13. The summed E-state index contributed by atoms with van der Waals surface area (Å²) < 4.78 is 26.0. The van der Waals surface area contributed by atoms with Crippen molar-refractivity contribution in [3.63, 3.8) is 0 Å². The number of aromatic nitrogens is 2. The first-order valence-corrected chi connectivity index (χ1v) is 15.0. The average Bonchev–Trinajstić information content (AvgIpc) is 3.49. The second-order valence-corrected chi connectivity index (χ2v) is 12.9. The van der Waals surface area contributed by atoms with Crippen LogP contribution >= 0.6 is 22.9 Å². The van der Waals surface area contributed by atoms with E-state index in [4.69, 9.17) is 16.7 Å². The van der Waals surface area contributed by atoms with E-state index < -0.39 is 9.84 Å². The van der Waals surface area contributed by atoms with Gasteiger partial charge in [-0.05, 0) is 61.9 Å². The molecule has 4 aromatic rings. The van der Waals surface area contributed by atoms with Crippen LogP contribution < -0.4 is 5.32 Å². The van der Waals surface area contributed by atoms with Crippen molar-refractivity contribution in [2.45, 2.75) is 37.4 Å². The first kappa shape index (κ1) is 25.2. The van der Waals surface area contributed by atoms with Gasteiger partial charge in [0, 0.05) is 42.9 Å². The second-order valence-electron chi connectivity index (χ2n) is 9.44. The van der Waals surface area contributed by atoms with E-state index in [9.17, 15) is 8.42 Å². The molecule has 9 heteroatoms. The monoisotopic (exact) mass is 540 g/mol. The van der Waals surface area contributed by atoms with Gasteiger partial charge in [-0.1, -0.05) is 35.9 Å². The van der Waals surface area contributed by atoms with Gasteiger partial charge in [0.05, 0.1) is 31.9 Å². The lowest BCUT2D eigenvalue weighted by Gasteiger charge is -2.37. The number of nitrogens with one attached hydrogen (secondary N) is 1. The maximum Gasteiger partial charge on any atom is 0.175 e. The molecule has 0 aliphatic carbocycles. The standard InChI is InChI=1S/C27H29ClN4O2S2/c1-18-16-31(19(2)15-29-18)17-21-14-25(32(30-21)24-10-5-4-9-23(24)28)27-12-11-26(35-27)20-7-6-8-22(13-20)36(3,33)34/h4-14,18-19,29H,15-17H2,1-3H3. The summed E-state index contributed by atoms with van der Waals surface area (Å²) in [4.78, 5) is 4.81. The van der Waals surface area contributed by atoms with Crippen molar-refractivity contribution in [3.8, 4) is 26.7 Å². The lowest BCUT2D eigenvalue weighted by atomic mass is 10.1. The zero-order chi connectivity index (χ0) is 25.4. The molecule has 5 rings (SSSR count). The van der Waals surface area contributed by atoms with Gasteiger partial charge >= 0.3 is 0 Å². The maximum atomic E-state index is 12.1. The van der Waals surface area contributed by atoms with E-state index in [2.05, 4.69) is 36.2 Å². The summed E-state index contributed by atoms with van der Waals surface area (Å²) in [6, 6.07) is 21.9. The van der Waals surface area contributed by atoms with Crippen molar-refractivity contribution in [2.24, 2.45) is 0 Å². The van der Waals surface area contributed by atoms with Gasteiger partial charge in [0.25, 0.3) is 0 Å². The minimum absolute atomic E-state index is 0.317. The molecule has 2 aromatic carbocycles. The van der Waals surface area contributed by atoms with E-state index in [0.717, 1.165) is 52.0 Å². The van der Waals surface area contributed by atoms with Gasteiger partial charge in [-0.2, -0.15) is 5.10 Å². The predicted octanol–water partition coefficient (Wildman–Crippen LogP) is 5.51. The fourth-order valence-electron chi connectivity index (χ4n) is 4.53. The largest absolute Gasteiger partial charge is 0.311 e. The Kier molecular flexibility index (Phi) is 7.07. The molecule has 0 radical (unpaired) electrons. The molecule has 188 valence electrons. The van der Waals surface area contributed by atoms with Gasteiger partial charge in [-0.15, -0.1) is 11.3 Å². The molecule has 2 aromatic heterocycles. The smallest absolute Gasteiger partial charge is 0.175 e. The number of sulfone groups is 1. The molecule has 0 saturated carbocycles. The van der Waals surface area contributed by atoms with Crippen LogP contribution in [0.5, 0.6) is 0 Å². The van der Waals surface area contributed by atoms with Crippen molar-refractivity contribution in [1.29, 1.82) is 0 Å². The number of thiophene rings is 1. The van der Waals surface area contributed by atoms with E-state index in [1.54, 1.807) is 29.5 Å². The molecule has 1 N–H and O–H groups in total. The lowest BCUT2D eigenvalue weighted by molar-refractivity contribution is 0.137. The molecule has 3 heterocycles. The van der Waals surface area contributed by atoms with Gasteiger partial charge in [-0.3, -0.25) is 4.90 Å². The van der Waals surface area contributed by atoms with Gasteiger partial charge in [0.1, 0.15) is 0 Å². The van der Waals surface area contributed by atoms with Crippen molar-refractivity contribution >= 4 is 32.8 Å². The van der Waals surface area contributed by atoms with Gasteiger partial charge < -0.3 is 5.32 Å². The summed E-state index contributed by atoms with van der Waals surface area (Å²) in [5, 5.41) is 9.17. The molecular formula is C27H29ClN4O2S2. The highest BCUT2D eigenvalue weighted by Crippen LogP contribution is 2.37. The Balaban J connectivity index is 1.54. The van der Waals surface area contributed by atoms with Crippen molar-refractivity contribution in [2.75, 3.05) is 19.3 Å². The highest BCUT2D eigenvalue weighted by atomic mass is 35.5. The second kappa shape index (κ2) is 10.1. The van der Waals surface area contributed by atoms with E-state index in [0.29, 0.717) is 22.0 Å². The number of piperazine rings is 1. The Morgan fingerprint density at radius 2 is 1.83 bits per heavy atom. The molecule has 6 nitrogen and oxygen atoms in total. The predicted molar refractivity (Wildman–Crippen MR) is 148 cm³/mol. The number of halogens is 1. The zero-order valence-electron chi connectivity index (χ0n) is 20.5. The maximum absolute atomic E-state index is 12.1. The lowest BCUT2D eigenvalue weighted by Crippen LogP contribution is -2.53. The number of hydrogen-bond acceptors (Lipinski definition) is 6. The molecule has 0 bridgehead atoms. The van der Waals surface area contributed by atoms with Crippen molar-refractivity contribution in [1.82, 2.24) is 20.0 Å². The van der Waals surface area contributed by atoms with Crippen LogP contribution in [0.2, 0.25) is 5.02 Å². The molecule has 0 spiro atoms. The molecule has 1 fully saturated rings. The Morgan fingerprint density at radius 1 is 1.06 bits per heavy atom. The van der Waals surface area contributed by atoms with E-state index in [1.807, 2.05) is 41.1 Å². The summed E-state index contributed by atoms with van der Waals surface area (Å²) in [5.41, 5.74) is 3.65. The zero-order valence-corrected chi connectivity index (χ0v) is 22.9. The number of benzene rings is 2. The van der Waals surface area contributed by atoms with Crippen molar-refractivity contribution < 1.29 is 8.42 Å². The summed E-state index contributed by atoms with van der Waals surface area (Å²) in [7, 11) is -3.28. The third-order valence-electron chi connectivity index (χ3n) is 6.50. The Morgan fingerprint density at radius 3 is 2.61 bits per heavy atom. The molecule has 1 aliphatic heterocycles. The molecule has 1 aliphatic rings. The van der Waals surface area contributed by atoms with Crippen LogP contribution in [0.1, 0.15) is 19.5 Å². The first-order chi connectivity index (χ1) is 17.2. The van der Waals surface area contributed by atoms with Crippen LogP contribution in [-0.2, 0) is 16.4 Å². The van der Waals surface area contributed by atoms with Crippen molar-refractivity contribution in [3.05, 3.63) is 77.4 Å². The van der Waals surface area contributed by atoms with Crippen LogP contribution in [-0.4, -0.2) is 54.5 Å². The topological polar surface area (TPSA) is 67.2 Å². The third-order valence-corrected chi connectivity index (χ3v) is 9.09. The number of nitrogens with zero attached hydrogens (tertiary/aromatic N) is 3. The molecule has 2 unspecified atom stereocenters. The SMILES string of the molecule is CC1CN(Cc2cc(-c3ccc(-c4cccc(S(C)(=O)=O)c4)s3)n(-c3ccccc3Cl)n2)C(C)CN1. The molecule has 36 heavy (non-hydrogen) atoms. The normalized spacial score (nSPS) is 19.0. The summed E-state index contributed by atoms with van der Waals surface area (Å²) in [6.07, 6.45) is 1.23. The van der Waals surface area contributed by atoms with Crippen LogP contribution in [0.25, 0.3) is 26.7 Å². The van der Waals surface area contributed by atoms with E-state index >= 15 is 0 Å². The van der Waals surface area contributed by atoms with Crippen LogP contribution in [0.4, 0.5) is 0 Å². The van der Waals surface area contributed by atoms with E-state index in [1.165, 1.54) is 6.26 Å². The molecular weight excluding hydrogens is 512 g/mol. The fourth-order valence-corrected chi connectivity index (χ4v) is 6.41. The number of rotatable bonds is 6. The molecule has 1 saturated heterocycles. The Hall–Kier alpha value is -2.49. The van der Waals surface area contributed by atoms with Crippen LogP contribution in [0, 0.1) is 0 Å². The first-order valence-electron chi connectivity index (χ1n) is 11.9. The van der Waals surface area contributed by atoms with Gasteiger partial charge in [0.15, 0.2) is 9.84 Å². The van der Waals surface area contributed by atoms with Gasteiger partial charge in [0.2, 0.25) is 0 Å². The fraction of sp³-hybridized carbons (Fsp3) is 0.296. The molecule has 2 atom stereocenters. The van der Waals surface area contributed by atoms with Gasteiger partial charge in [-0.25, -0.2) is 13.1 Å². The highest BCUT2D eigenvalue weighted by Gasteiger charge is 2.24. The Bertz CT molecular complexity index is 1490. The number of hydrogen-bond donors (Lipinski definition) is 1.